The maximum atomic E-state index is 12.8. The molecule has 1 aliphatic rings. The van der Waals surface area contributed by atoms with Crippen LogP contribution in [-0.4, -0.2) is 67.2 Å². The molecule has 1 heterocycles. The van der Waals surface area contributed by atoms with Gasteiger partial charge in [-0.3, -0.25) is 9.59 Å². The highest BCUT2D eigenvalue weighted by Gasteiger charge is 2.33. The van der Waals surface area contributed by atoms with Crippen molar-refractivity contribution in [2.75, 3.05) is 20.2 Å². The molecule has 0 bridgehead atoms. The minimum absolute atomic E-state index is 0.0795. The van der Waals surface area contributed by atoms with Gasteiger partial charge in [-0.1, -0.05) is 26.0 Å². The summed E-state index contributed by atoms with van der Waals surface area (Å²) in [6, 6.07) is 5.85. The predicted molar refractivity (Wildman–Crippen MR) is 111 cm³/mol. The van der Waals surface area contributed by atoms with E-state index in [9.17, 15) is 14.4 Å². The Kier molecular flexibility index (Phi) is 8.23. The molecule has 4 atom stereocenters. The molecular weight excluding hydrogens is 388 g/mol. The van der Waals surface area contributed by atoms with Crippen LogP contribution in [0.3, 0.4) is 0 Å². The van der Waals surface area contributed by atoms with Crippen molar-refractivity contribution < 1.29 is 28.6 Å². The zero-order valence-corrected chi connectivity index (χ0v) is 18.5. The van der Waals surface area contributed by atoms with Gasteiger partial charge in [0.15, 0.2) is 6.10 Å². The first-order chi connectivity index (χ1) is 14.1. The lowest BCUT2D eigenvalue weighted by Gasteiger charge is -2.36. The van der Waals surface area contributed by atoms with E-state index >= 15 is 0 Å². The van der Waals surface area contributed by atoms with Crippen LogP contribution in [0, 0.1) is 5.92 Å². The van der Waals surface area contributed by atoms with Crippen LogP contribution in [-0.2, 0) is 19.1 Å². The van der Waals surface area contributed by atoms with Gasteiger partial charge in [-0.25, -0.2) is 4.79 Å². The Morgan fingerprint density at radius 1 is 1.10 bits per heavy atom. The Morgan fingerprint density at radius 3 is 2.27 bits per heavy atom. The van der Waals surface area contributed by atoms with Crippen molar-refractivity contribution >= 4 is 17.8 Å². The first-order valence-corrected chi connectivity index (χ1v) is 10.2. The number of carbonyl (C=O) groups is 3. The predicted octanol–water partition coefficient (Wildman–Crippen LogP) is 2.02. The van der Waals surface area contributed by atoms with Crippen LogP contribution in [0.15, 0.2) is 24.3 Å². The van der Waals surface area contributed by atoms with Gasteiger partial charge in [0.25, 0.3) is 11.8 Å². The lowest BCUT2D eigenvalue weighted by atomic mass is 10.0. The number of benzene rings is 1. The number of hydrogen-bond donors (Lipinski definition) is 1. The summed E-state index contributed by atoms with van der Waals surface area (Å²) in [7, 11) is 1.47. The van der Waals surface area contributed by atoms with E-state index in [1.54, 1.807) is 49.9 Å². The third-order valence-electron chi connectivity index (χ3n) is 4.93. The number of morpholine rings is 1. The van der Waals surface area contributed by atoms with E-state index in [0.29, 0.717) is 24.4 Å². The molecular formula is C22H32N2O6. The Labute approximate surface area is 177 Å². The van der Waals surface area contributed by atoms with Crippen molar-refractivity contribution in [3.8, 4) is 5.75 Å². The molecule has 166 valence electrons. The molecule has 0 unspecified atom stereocenters. The second-order valence-electron chi connectivity index (χ2n) is 7.98. The van der Waals surface area contributed by atoms with Gasteiger partial charge in [0.1, 0.15) is 11.8 Å². The molecule has 1 fully saturated rings. The zero-order valence-electron chi connectivity index (χ0n) is 18.5. The highest BCUT2D eigenvalue weighted by atomic mass is 16.6. The zero-order chi connectivity index (χ0) is 22.4. The largest absolute Gasteiger partial charge is 0.496 e. The van der Waals surface area contributed by atoms with Crippen LogP contribution in [0.4, 0.5) is 0 Å². The number of nitrogens with zero attached hydrogens (tertiary/aromatic N) is 1. The van der Waals surface area contributed by atoms with Gasteiger partial charge in [-0.15, -0.1) is 0 Å². The monoisotopic (exact) mass is 420 g/mol. The van der Waals surface area contributed by atoms with Crippen LogP contribution >= 0.6 is 0 Å². The third-order valence-corrected chi connectivity index (χ3v) is 4.93. The fraction of sp³-hybridized carbons (Fsp3) is 0.591. The summed E-state index contributed by atoms with van der Waals surface area (Å²) in [6.07, 6.45) is -1.12. The SMILES string of the molecule is COc1ccccc1C(=O)N[C@@H](C(=O)O[C@H](C)C(=O)N1C[C@H](C)O[C@@H](C)C1)C(C)C. The van der Waals surface area contributed by atoms with Gasteiger partial charge in [-0.05, 0) is 38.8 Å². The average Bonchev–Trinajstić information content (AvgIpc) is 2.69. The van der Waals surface area contributed by atoms with Gasteiger partial charge in [0, 0.05) is 13.1 Å². The number of amides is 2. The third kappa shape index (κ3) is 5.95. The highest BCUT2D eigenvalue weighted by Crippen LogP contribution is 2.18. The number of ether oxygens (including phenoxy) is 3. The molecule has 1 saturated heterocycles. The van der Waals surface area contributed by atoms with Crippen molar-refractivity contribution in [1.29, 1.82) is 0 Å². The quantitative estimate of drug-likeness (QED) is 0.679. The van der Waals surface area contributed by atoms with Crippen molar-refractivity contribution in [1.82, 2.24) is 10.2 Å². The van der Waals surface area contributed by atoms with Crippen molar-refractivity contribution in [2.45, 2.75) is 59.0 Å². The number of carbonyl (C=O) groups excluding carboxylic acids is 3. The average molecular weight is 421 g/mol. The smallest absolute Gasteiger partial charge is 0.329 e. The molecule has 30 heavy (non-hydrogen) atoms. The molecule has 0 radical (unpaired) electrons. The summed E-state index contributed by atoms with van der Waals surface area (Å²) >= 11 is 0. The minimum Gasteiger partial charge on any atom is -0.496 e. The van der Waals surface area contributed by atoms with Crippen LogP contribution in [0.5, 0.6) is 5.75 Å². The van der Waals surface area contributed by atoms with Crippen LogP contribution in [0.25, 0.3) is 0 Å². The Hall–Kier alpha value is -2.61. The molecule has 1 N–H and O–H groups in total. The second kappa shape index (κ2) is 10.4. The number of esters is 1. The normalized spacial score (nSPS) is 21.0. The lowest BCUT2D eigenvalue weighted by molar-refractivity contribution is -0.166. The topological polar surface area (TPSA) is 94.2 Å². The Bertz CT molecular complexity index is 756. The van der Waals surface area contributed by atoms with Crippen molar-refractivity contribution in [3.05, 3.63) is 29.8 Å². The number of methoxy groups -OCH3 is 1. The highest BCUT2D eigenvalue weighted by molar-refractivity contribution is 5.99. The first kappa shape index (κ1) is 23.7. The van der Waals surface area contributed by atoms with E-state index in [4.69, 9.17) is 14.2 Å². The molecule has 0 aliphatic carbocycles. The van der Waals surface area contributed by atoms with Crippen LogP contribution < -0.4 is 10.1 Å². The van der Waals surface area contributed by atoms with Gasteiger partial charge in [0.05, 0.1) is 24.9 Å². The second-order valence-corrected chi connectivity index (χ2v) is 7.98. The van der Waals surface area contributed by atoms with Crippen molar-refractivity contribution in [2.24, 2.45) is 5.92 Å². The molecule has 0 spiro atoms. The molecule has 1 aromatic rings. The first-order valence-electron chi connectivity index (χ1n) is 10.2. The van der Waals surface area contributed by atoms with E-state index in [0.717, 1.165) is 0 Å². The Balaban J connectivity index is 2.04. The van der Waals surface area contributed by atoms with Gasteiger partial charge in [0.2, 0.25) is 0 Å². The number of nitrogens with one attached hydrogen (secondary N) is 1. The van der Waals surface area contributed by atoms with E-state index in [-0.39, 0.29) is 24.0 Å². The molecule has 8 nitrogen and oxygen atoms in total. The summed E-state index contributed by atoms with van der Waals surface area (Å²) in [6.45, 7) is 9.83. The summed E-state index contributed by atoms with van der Waals surface area (Å²) in [5, 5.41) is 2.71. The lowest BCUT2D eigenvalue weighted by Crippen LogP contribution is -2.52. The van der Waals surface area contributed by atoms with Gasteiger partial charge >= 0.3 is 5.97 Å². The molecule has 0 saturated carbocycles. The van der Waals surface area contributed by atoms with Crippen LogP contribution in [0.2, 0.25) is 0 Å². The molecule has 0 aromatic heterocycles. The number of para-hydroxylation sites is 1. The van der Waals surface area contributed by atoms with E-state index in [2.05, 4.69) is 5.32 Å². The fourth-order valence-electron chi connectivity index (χ4n) is 3.46. The summed E-state index contributed by atoms with van der Waals surface area (Å²) in [5.74, 6) is -1.20. The Morgan fingerprint density at radius 2 is 1.70 bits per heavy atom. The minimum atomic E-state index is -0.959. The van der Waals surface area contributed by atoms with E-state index in [1.165, 1.54) is 7.11 Å². The van der Waals surface area contributed by atoms with Crippen LogP contribution in [0.1, 0.15) is 45.0 Å². The summed E-state index contributed by atoms with van der Waals surface area (Å²) in [5.41, 5.74) is 0.318. The summed E-state index contributed by atoms with van der Waals surface area (Å²) < 4.78 is 16.3. The molecule has 1 aromatic carbocycles. The number of rotatable bonds is 7. The van der Waals surface area contributed by atoms with Gasteiger partial charge in [-0.2, -0.15) is 0 Å². The maximum absolute atomic E-state index is 12.8. The van der Waals surface area contributed by atoms with E-state index < -0.39 is 24.0 Å². The van der Waals surface area contributed by atoms with Crippen molar-refractivity contribution in [3.63, 3.8) is 0 Å². The maximum Gasteiger partial charge on any atom is 0.329 e. The molecule has 1 aliphatic heterocycles. The van der Waals surface area contributed by atoms with Gasteiger partial charge < -0.3 is 24.4 Å². The fourth-order valence-corrected chi connectivity index (χ4v) is 3.46. The molecule has 8 heteroatoms. The molecule has 2 rings (SSSR count). The summed E-state index contributed by atoms with van der Waals surface area (Å²) in [4.78, 5) is 39.8. The van der Waals surface area contributed by atoms with E-state index in [1.807, 2.05) is 13.8 Å². The number of hydrogen-bond acceptors (Lipinski definition) is 6. The molecule has 2 amide bonds. The standard InChI is InChI=1S/C22H32N2O6/c1-13(2)19(23-20(25)17-9-7-8-10-18(17)28-6)22(27)30-16(5)21(26)24-11-14(3)29-15(4)12-24/h7-10,13-16,19H,11-12H2,1-6H3,(H,23,25)/t14-,15-,16+,19+/m0/s1.